The van der Waals surface area contributed by atoms with Crippen molar-refractivity contribution >= 4 is 0 Å². The quantitative estimate of drug-likeness (QED) is 0.875. The van der Waals surface area contributed by atoms with Gasteiger partial charge in [0.25, 0.3) is 0 Å². The van der Waals surface area contributed by atoms with Gasteiger partial charge in [0.15, 0.2) is 5.82 Å². The third kappa shape index (κ3) is 3.49. The molecule has 3 rings (SSSR count). The normalized spacial score (nSPS) is 26.2. The van der Waals surface area contributed by atoms with Crippen molar-refractivity contribution in [3.8, 4) is 0 Å². The highest BCUT2D eigenvalue weighted by Crippen LogP contribution is 2.29. The van der Waals surface area contributed by atoms with E-state index in [2.05, 4.69) is 39.4 Å². The molecule has 0 unspecified atom stereocenters. The minimum atomic E-state index is 0.158. The molecule has 0 spiro atoms. The molecule has 1 N–H and O–H groups in total. The molecular weight excluding hydrogens is 278 g/mol. The Balaban J connectivity index is 1.66. The molecule has 124 valence electrons. The van der Waals surface area contributed by atoms with Crippen LogP contribution >= 0.6 is 0 Å². The summed E-state index contributed by atoms with van der Waals surface area (Å²) in [4.78, 5) is 0. The van der Waals surface area contributed by atoms with E-state index in [0.29, 0.717) is 18.2 Å². The van der Waals surface area contributed by atoms with E-state index in [0.717, 1.165) is 25.3 Å². The number of hydrogen-bond donors (Lipinski definition) is 1. The molecule has 3 atom stereocenters. The fourth-order valence-corrected chi connectivity index (χ4v) is 3.87. The lowest BCUT2D eigenvalue weighted by Crippen LogP contribution is -2.41. The molecule has 22 heavy (non-hydrogen) atoms. The standard InChI is InChI=1S/C16H29N5O/c1-3-14(15-10-7-11-22-15)17-12(2)16-18-19-20-21(16)13-8-5-4-6-9-13/h12-15,17H,3-11H2,1-2H3/t12-,14-,15+/m0/s1. The first-order valence-corrected chi connectivity index (χ1v) is 8.95. The number of nitrogens with zero attached hydrogens (tertiary/aromatic N) is 4. The van der Waals surface area contributed by atoms with Crippen LogP contribution in [0.1, 0.15) is 83.1 Å². The van der Waals surface area contributed by atoms with E-state index in [1.165, 1.54) is 38.5 Å². The van der Waals surface area contributed by atoms with E-state index in [-0.39, 0.29) is 6.04 Å². The smallest absolute Gasteiger partial charge is 0.168 e. The van der Waals surface area contributed by atoms with Gasteiger partial charge in [-0.2, -0.15) is 0 Å². The zero-order valence-corrected chi connectivity index (χ0v) is 13.9. The van der Waals surface area contributed by atoms with Gasteiger partial charge in [-0.3, -0.25) is 0 Å². The highest BCUT2D eigenvalue weighted by Gasteiger charge is 2.28. The van der Waals surface area contributed by atoms with E-state index in [1.54, 1.807) is 0 Å². The third-order valence-corrected chi connectivity index (χ3v) is 5.14. The second-order valence-corrected chi connectivity index (χ2v) is 6.73. The van der Waals surface area contributed by atoms with Gasteiger partial charge in [-0.1, -0.05) is 26.2 Å². The van der Waals surface area contributed by atoms with Gasteiger partial charge in [-0.25, -0.2) is 4.68 Å². The Bertz CT molecular complexity index is 451. The second kappa shape index (κ2) is 7.51. The molecule has 2 heterocycles. The monoisotopic (exact) mass is 307 g/mol. The van der Waals surface area contributed by atoms with Crippen molar-refractivity contribution in [3.05, 3.63) is 5.82 Å². The van der Waals surface area contributed by atoms with Crippen molar-refractivity contribution in [1.29, 1.82) is 0 Å². The van der Waals surface area contributed by atoms with E-state index >= 15 is 0 Å². The number of nitrogens with one attached hydrogen (secondary N) is 1. The predicted molar refractivity (Wildman–Crippen MR) is 84.5 cm³/mol. The van der Waals surface area contributed by atoms with Crippen LogP contribution in [0.25, 0.3) is 0 Å². The zero-order valence-electron chi connectivity index (χ0n) is 13.9. The molecule has 0 radical (unpaired) electrons. The fourth-order valence-electron chi connectivity index (χ4n) is 3.87. The predicted octanol–water partition coefficient (Wildman–Crippen LogP) is 2.79. The van der Waals surface area contributed by atoms with Gasteiger partial charge in [-0.15, -0.1) is 5.10 Å². The highest BCUT2D eigenvalue weighted by atomic mass is 16.5. The average molecular weight is 307 g/mol. The SMILES string of the molecule is CC[C@H](N[C@@H](C)c1nnnn1C1CCCCC1)[C@H]1CCCO1. The molecule has 2 aliphatic rings. The van der Waals surface area contributed by atoms with Gasteiger partial charge >= 0.3 is 0 Å². The molecule has 6 nitrogen and oxygen atoms in total. The number of rotatable bonds is 6. The van der Waals surface area contributed by atoms with E-state index in [1.807, 2.05) is 0 Å². The molecule has 1 aromatic rings. The lowest BCUT2D eigenvalue weighted by Gasteiger charge is -2.28. The maximum atomic E-state index is 5.85. The van der Waals surface area contributed by atoms with Crippen molar-refractivity contribution < 1.29 is 4.74 Å². The van der Waals surface area contributed by atoms with Gasteiger partial charge in [0.1, 0.15) is 0 Å². The maximum absolute atomic E-state index is 5.85. The van der Waals surface area contributed by atoms with Crippen LogP contribution in [0.3, 0.4) is 0 Å². The molecule has 0 amide bonds. The van der Waals surface area contributed by atoms with Gasteiger partial charge in [0.2, 0.25) is 0 Å². The van der Waals surface area contributed by atoms with Crippen molar-refractivity contribution in [2.75, 3.05) is 6.61 Å². The molecule has 2 fully saturated rings. The molecule has 0 aromatic carbocycles. The van der Waals surface area contributed by atoms with Crippen LogP contribution in [0, 0.1) is 0 Å². The van der Waals surface area contributed by atoms with Gasteiger partial charge in [-0.05, 0) is 49.5 Å². The summed E-state index contributed by atoms with van der Waals surface area (Å²) in [6.45, 7) is 5.29. The van der Waals surface area contributed by atoms with Crippen LogP contribution < -0.4 is 5.32 Å². The van der Waals surface area contributed by atoms with Crippen LogP contribution in [0.4, 0.5) is 0 Å². The molecule has 1 saturated heterocycles. The maximum Gasteiger partial charge on any atom is 0.168 e. The largest absolute Gasteiger partial charge is 0.377 e. The van der Waals surface area contributed by atoms with Gasteiger partial charge in [0.05, 0.1) is 18.2 Å². The number of tetrazole rings is 1. The first-order valence-electron chi connectivity index (χ1n) is 8.95. The Morgan fingerprint density at radius 2 is 2.05 bits per heavy atom. The van der Waals surface area contributed by atoms with E-state index < -0.39 is 0 Å². The van der Waals surface area contributed by atoms with Gasteiger partial charge in [0, 0.05) is 12.6 Å². The highest BCUT2D eigenvalue weighted by molar-refractivity contribution is 4.95. The lowest BCUT2D eigenvalue weighted by atomic mass is 9.95. The Kier molecular flexibility index (Phi) is 5.41. The molecule has 1 aromatic heterocycles. The van der Waals surface area contributed by atoms with Crippen molar-refractivity contribution in [2.45, 2.75) is 89.4 Å². The summed E-state index contributed by atoms with van der Waals surface area (Å²) in [5.74, 6) is 0.975. The first kappa shape index (κ1) is 15.9. The van der Waals surface area contributed by atoms with Crippen LogP contribution in [-0.4, -0.2) is 39.0 Å². The molecule has 0 bridgehead atoms. The summed E-state index contributed by atoms with van der Waals surface area (Å²) in [5.41, 5.74) is 0. The molecule has 6 heteroatoms. The van der Waals surface area contributed by atoms with Crippen molar-refractivity contribution in [2.24, 2.45) is 0 Å². The number of ether oxygens (including phenoxy) is 1. The molecule has 1 aliphatic carbocycles. The molecule has 1 saturated carbocycles. The van der Waals surface area contributed by atoms with Gasteiger partial charge < -0.3 is 10.1 Å². The lowest BCUT2D eigenvalue weighted by molar-refractivity contribution is 0.0727. The Hall–Kier alpha value is -1.01. The Labute approximate surface area is 133 Å². The minimum Gasteiger partial charge on any atom is -0.377 e. The summed E-state index contributed by atoms with van der Waals surface area (Å²) in [6.07, 6.45) is 10.1. The summed E-state index contributed by atoms with van der Waals surface area (Å²) < 4.78 is 7.92. The minimum absolute atomic E-state index is 0.158. The molecular formula is C16H29N5O. The fraction of sp³-hybridized carbons (Fsp3) is 0.938. The van der Waals surface area contributed by atoms with E-state index in [9.17, 15) is 0 Å². The van der Waals surface area contributed by atoms with Crippen LogP contribution in [0.15, 0.2) is 0 Å². The number of aromatic nitrogens is 4. The van der Waals surface area contributed by atoms with Crippen molar-refractivity contribution in [1.82, 2.24) is 25.5 Å². The topological polar surface area (TPSA) is 64.9 Å². The zero-order chi connectivity index (χ0) is 15.4. The molecule has 1 aliphatic heterocycles. The second-order valence-electron chi connectivity index (χ2n) is 6.73. The van der Waals surface area contributed by atoms with E-state index in [4.69, 9.17) is 4.74 Å². The van der Waals surface area contributed by atoms with Crippen LogP contribution in [0.5, 0.6) is 0 Å². The average Bonchev–Trinajstić information content (AvgIpc) is 3.24. The Morgan fingerprint density at radius 1 is 1.23 bits per heavy atom. The summed E-state index contributed by atoms with van der Waals surface area (Å²) in [6, 6.07) is 1.02. The summed E-state index contributed by atoms with van der Waals surface area (Å²) in [7, 11) is 0. The number of hydrogen-bond acceptors (Lipinski definition) is 5. The van der Waals surface area contributed by atoms with Crippen molar-refractivity contribution in [3.63, 3.8) is 0 Å². The van der Waals surface area contributed by atoms with Crippen LogP contribution in [0.2, 0.25) is 0 Å². The summed E-state index contributed by atoms with van der Waals surface area (Å²) in [5, 5.41) is 16.2. The van der Waals surface area contributed by atoms with Crippen LogP contribution in [-0.2, 0) is 4.74 Å². The third-order valence-electron chi connectivity index (χ3n) is 5.14. The summed E-state index contributed by atoms with van der Waals surface area (Å²) >= 11 is 0. The first-order chi connectivity index (χ1) is 10.8. The Morgan fingerprint density at radius 3 is 2.73 bits per heavy atom.